The second kappa shape index (κ2) is 11.9. The number of benzene rings is 3. The van der Waals surface area contributed by atoms with Crippen molar-refractivity contribution in [1.82, 2.24) is 4.90 Å². The Bertz CT molecular complexity index is 1010. The van der Waals surface area contributed by atoms with E-state index in [1.165, 1.54) is 29.2 Å². The first-order valence-electron chi connectivity index (χ1n) is 10.9. The van der Waals surface area contributed by atoms with Gasteiger partial charge in [0.15, 0.2) is 0 Å². The van der Waals surface area contributed by atoms with Gasteiger partial charge >= 0.3 is 5.97 Å². The Hall–Kier alpha value is -3.37. The molecule has 0 bridgehead atoms. The number of ether oxygens (including phenoxy) is 2. The highest BCUT2D eigenvalue weighted by Gasteiger charge is 2.05. The highest BCUT2D eigenvalue weighted by Crippen LogP contribution is 2.23. The summed E-state index contributed by atoms with van der Waals surface area (Å²) in [4.78, 5) is 13.2. The molecule has 0 radical (unpaired) electrons. The molecule has 3 aromatic carbocycles. The summed E-state index contributed by atoms with van der Waals surface area (Å²) in [5, 5.41) is 0. The normalized spacial score (nSPS) is 11.4. The number of carbonyl (C=O) groups excluding carboxylic acids is 1. The van der Waals surface area contributed by atoms with Crippen molar-refractivity contribution in [1.29, 1.82) is 0 Å². The van der Waals surface area contributed by atoms with Crippen LogP contribution >= 0.6 is 0 Å². The Morgan fingerprint density at radius 3 is 2.09 bits per heavy atom. The van der Waals surface area contributed by atoms with E-state index in [1.54, 1.807) is 0 Å². The molecule has 0 saturated heterocycles. The highest BCUT2D eigenvalue weighted by molar-refractivity contribution is 5.69. The standard InChI is InChI=1S/C28H31NO3/c1-22(30)32-28-17-10-23(11-18-28)9-14-26(25-7-5-4-6-8-25)21-24-12-15-27(16-13-24)31-20-19-29(2)3/h4-8,10-18H,9,19-21H2,1-3H3/b26-14-. The molecule has 0 heterocycles. The zero-order chi connectivity index (χ0) is 22.8. The van der Waals surface area contributed by atoms with Crippen LogP contribution in [0.3, 0.4) is 0 Å². The van der Waals surface area contributed by atoms with Gasteiger partial charge in [0.1, 0.15) is 18.1 Å². The number of hydrogen-bond acceptors (Lipinski definition) is 4. The van der Waals surface area contributed by atoms with E-state index >= 15 is 0 Å². The van der Waals surface area contributed by atoms with E-state index in [1.807, 2.05) is 56.6 Å². The molecule has 0 aromatic heterocycles. The molecule has 0 spiro atoms. The fraction of sp³-hybridized carbons (Fsp3) is 0.250. The van der Waals surface area contributed by atoms with Crippen LogP contribution < -0.4 is 9.47 Å². The summed E-state index contributed by atoms with van der Waals surface area (Å²) in [5.41, 5.74) is 4.90. The molecule has 0 aliphatic rings. The van der Waals surface area contributed by atoms with Gasteiger partial charge in [-0.05, 0) is 73.5 Å². The fourth-order valence-electron chi connectivity index (χ4n) is 3.31. The van der Waals surface area contributed by atoms with Crippen molar-refractivity contribution in [3.8, 4) is 11.5 Å². The zero-order valence-corrected chi connectivity index (χ0v) is 19.1. The summed E-state index contributed by atoms with van der Waals surface area (Å²) in [6.45, 7) is 2.98. The molecule has 0 saturated carbocycles. The van der Waals surface area contributed by atoms with Crippen LogP contribution in [0.2, 0.25) is 0 Å². The topological polar surface area (TPSA) is 38.8 Å². The molecular weight excluding hydrogens is 398 g/mol. The minimum Gasteiger partial charge on any atom is -0.492 e. The lowest BCUT2D eigenvalue weighted by Crippen LogP contribution is -2.19. The monoisotopic (exact) mass is 429 g/mol. The Labute approximate surface area is 191 Å². The van der Waals surface area contributed by atoms with Crippen molar-refractivity contribution < 1.29 is 14.3 Å². The van der Waals surface area contributed by atoms with Gasteiger partial charge in [0.25, 0.3) is 0 Å². The first-order valence-corrected chi connectivity index (χ1v) is 10.9. The molecule has 0 fully saturated rings. The maximum Gasteiger partial charge on any atom is 0.308 e. The molecule has 3 aromatic rings. The van der Waals surface area contributed by atoms with Crippen molar-refractivity contribution >= 4 is 11.5 Å². The molecule has 4 nitrogen and oxygen atoms in total. The minimum absolute atomic E-state index is 0.307. The van der Waals surface area contributed by atoms with Crippen molar-refractivity contribution in [2.75, 3.05) is 27.2 Å². The summed E-state index contributed by atoms with van der Waals surface area (Å²) >= 11 is 0. The molecule has 4 heteroatoms. The third-order valence-corrected chi connectivity index (χ3v) is 5.04. The van der Waals surface area contributed by atoms with E-state index in [2.05, 4.69) is 47.4 Å². The number of esters is 1. The van der Waals surface area contributed by atoms with Crippen LogP contribution in [0.15, 0.2) is 84.9 Å². The van der Waals surface area contributed by atoms with E-state index in [-0.39, 0.29) is 5.97 Å². The largest absolute Gasteiger partial charge is 0.492 e. The van der Waals surface area contributed by atoms with Gasteiger partial charge in [-0.25, -0.2) is 0 Å². The van der Waals surface area contributed by atoms with Crippen LogP contribution in [0.1, 0.15) is 23.6 Å². The number of carbonyl (C=O) groups is 1. The highest BCUT2D eigenvalue weighted by atomic mass is 16.5. The fourth-order valence-corrected chi connectivity index (χ4v) is 3.31. The van der Waals surface area contributed by atoms with Crippen LogP contribution in [0, 0.1) is 0 Å². The van der Waals surface area contributed by atoms with Gasteiger partial charge < -0.3 is 14.4 Å². The number of hydrogen-bond donors (Lipinski definition) is 0. The van der Waals surface area contributed by atoms with E-state index in [0.717, 1.165) is 25.1 Å². The number of likely N-dealkylation sites (N-methyl/N-ethyl adjacent to an activating group) is 1. The summed E-state index contributed by atoms with van der Waals surface area (Å²) in [6, 6.07) is 26.5. The smallest absolute Gasteiger partial charge is 0.308 e. The van der Waals surface area contributed by atoms with Gasteiger partial charge in [-0.1, -0.05) is 60.7 Å². The minimum atomic E-state index is -0.307. The van der Waals surface area contributed by atoms with Gasteiger partial charge in [-0.3, -0.25) is 4.79 Å². The molecule has 0 N–H and O–H groups in total. The van der Waals surface area contributed by atoms with Crippen molar-refractivity contribution in [2.45, 2.75) is 19.8 Å². The summed E-state index contributed by atoms with van der Waals surface area (Å²) in [6.07, 6.45) is 3.92. The molecule has 0 amide bonds. The lowest BCUT2D eigenvalue weighted by Gasteiger charge is -2.12. The molecule has 0 aliphatic heterocycles. The summed E-state index contributed by atoms with van der Waals surface area (Å²) in [7, 11) is 4.08. The average molecular weight is 430 g/mol. The quantitative estimate of drug-likeness (QED) is 0.319. The van der Waals surface area contributed by atoms with Crippen LogP contribution in [0.5, 0.6) is 11.5 Å². The van der Waals surface area contributed by atoms with Crippen molar-refractivity contribution in [2.24, 2.45) is 0 Å². The summed E-state index contributed by atoms with van der Waals surface area (Å²) in [5.74, 6) is 1.16. The first-order chi connectivity index (χ1) is 15.5. The maximum atomic E-state index is 11.1. The molecule has 166 valence electrons. The number of nitrogens with zero attached hydrogens (tertiary/aromatic N) is 1. The van der Waals surface area contributed by atoms with Crippen molar-refractivity contribution in [3.63, 3.8) is 0 Å². The van der Waals surface area contributed by atoms with Gasteiger partial charge in [0.05, 0.1) is 0 Å². The Morgan fingerprint density at radius 2 is 1.47 bits per heavy atom. The second-order valence-corrected chi connectivity index (χ2v) is 8.01. The Kier molecular flexibility index (Phi) is 8.64. The van der Waals surface area contributed by atoms with Crippen LogP contribution in [-0.4, -0.2) is 38.1 Å². The van der Waals surface area contributed by atoms with Crippen LogP contribution in [-0.2, 0) is 17.6 Å². The van der Waals surface area contributed by atoms with Crippen LogP contribution in [0.4, 0.5) is 0 Å². The van der Waals surface area contributed by atoms with E-state index in [9.17, 15) is 4.79 Å². The van der Waals surface area contributed by atoms with Crippen molar-refractivity contribution in [3.05, 3.63) is 102 Å². The first kappa shape index (κ1) is 23.3. The summed E-state index contributed by atoms with van der Waals surface area (Å²) < 4.78 is 10.9. The Morgan fingerprint density at radius 1 is 0.844 bits per heavy atom. The molecule has 0 aliphatic carbocycles. The Balaban J connectivity index is 1.70. The average Bonchev–Trinajstić information content (AvgIpc) is 2.78. The lowest BCUT2D eigenvalue weighted by molar-refractivity contribution is -0.131. The van der Waals surface area contributed by atoms with Crippen LogP contribution in [0.25, 0.3) is 5.57 Å². The third-order valence-electron chi connectivity index (χ3n) is 5.04. The van der Waals surface area contributed by atoms with E-state index in [4.69, 9.17) is 9.47 Å². The second-order valence-electron chi connectivity index (χ2n) is 8.01. The molecular formula is C28H31NO3. The molecule has 0 unspecified atom stereocenters. The predicted octanol–water partition coefficient (Wildman–Crippen LogP) is 5.42. The van der Waals surface area contributed by atoms with Gasteiger partial charge in [0.2, 0.25) is 0 Å². The number of rotatable bonds is 10. The maximum absolute atomic E-state index is 11.1. The van der Waals surface area contributed by atoms with Gasteiger partial charge in [0, 0.05) is 13.5 Å². The third kappa shape index (κ3) is 7.71. The van der Waals surface area contributed by atoms with E-state index < -0.39 is 0 Å². The lowest BCUT2D eigenvalue weighted by atomic mass is 9.96. The molecule has 3 rings (SSSR count). The number of allylic oxidation sites excluding steroid dienone is 2. The van der Waals surface area contributed by atoms with Gasteiger partial charge in [-0.2, -0.15) is 0 Å². The molecule has 0 atom stereocenters. The molecule has 32 heavy (non-hydrogen) atoms. The SMILES string of the molecule is CC(=O)Oc1ccc(C/C=C(/Cc2ccc(OCCN(C)C)cc2)c2ccccc2)cc1. The predicted molar refractivity (Wildman–Crippen MR) is 130 cm³/mol. The van der Waals surface area contributed by atoms with Gasteiger partial charge in [-0.15, -0.1) is 0 Å². The van der Waals surface area contributed by atoms with E-state index in [0.29, 0.717) is 12.4 Å². The zero-order valence-electron chi connectivity index (χ0n) is 19.1.